The van der Waals surface area contributed by atoms with Crippen LogP contribution in [0.25, 0.3) is 0 Å². The lowest BCUT2D eigenvalue weighted by Gasteiger charge is -2.31. The fourth-order valence-electron chi connectivity index (χ4n) is 1.15. The molecule has 1 aromatic rings. The molecule has 0 amide bonds. The Bertz CT molecular complexity index is 487. The second-order valence-electron chi connectivity index (χ2n) is 4.30. The predicted molar refractivity (Wildman–Crippen MR) is 72.9 cm³/mol. The molecule has 0 N–H and O–H groups in total. The minimum atomic E-state index is -2.99. The number of benzene rings is 1. The molecule has 8 heteroatoms. The van der Waals surface area contributed by atoms with E-state index in [2.05, 4.69) is 4.74 Å². The SMILES string of the molecule is CC(C)(OC(=O)c1cccc(OC(F)F)c1)C(Cl)(Cl)Cl. The Morgan fingerprint density at radius 1 is 1.25 bits per heavy atom. The summed E-state index contributed by atoms with van der Waals surface area (Å²) < 4.78 is 31.6. The molecule has 1 aromatic carbocycles. The van der Waals surface area contributed by atoms with Crippen molar-refractivity contribution in [2.45, 2.75) is 29.9 Å². The van der Waals surface area contributed by atoms with Crippen LogP contribution in [0.3, 0.4) is 0 Å². The lowest BCUT2D eigenvalue weighted by atomic mass is 10.1. The maximum absolute atomic E-state index is 12.1. The van der Waals surface area contributed by atoms with Crippen LogP contribution in [0.5, 0.6) is 5.75 Å². The summed E-state index contributed by atoms with van der Waals surface area (Å²) in [5, 5.41) is 0. The van der Waals surface area contributed by atoms with Crippen LogP contribution in [0.2, 0.25) is 0 Å². The first-order chi connectivity index (χ1) is 9.03. The molecule has 0 aliphatic heterocycles. The summed E-state index contributed by atoms with van der Waals surface area (Å²) in [6.07, 6.45) is 0. The Balaban J connectivity index is 2.88. The zero-order valence-electron chi connectivity index (χ0n) is 10.5. The third kappa shape index (κ3) is 4.65. The van der Waals surface area contributed by atoms with Crippen LogP contribution in [-0.4, -0.2) is 22.0 Å². The van der Waals surface area contributed by atoms with Crippen molar-refractivity contribution < 1.29 is 23.0 Å². The Morgan fingerprint density at radius 2 is 1.85 bits per heavy atom. The van der Waals surface area contributed by atoms with E-state index in [9.17, 15) is 13.6 Å². The summed E-state index contributed by atoms with van der Waals surface area (Å²) in [7, 11) is 0. The van der Waals surface area contributed by atoms with Crippen LogP contribution in [0, 0.1) is 0 Å². The molecule has 0 heterocycles. The summed E-state index contributed by atoms with van der Waals surface area (Å²) in [5.74, 6) is -0.984. The quantitative estimate of drug-likeness (QED) is 0.590. The highest BCUT2D eigenvalue weighted by Crippen LogP contribution is 2.40. The van der Waals surface area contributed by atoms with Gasteiger partial charge in [-0.15, -0.1) is 0 Å². The van der Waals surface area contributed by atoms with E-state index in [1.165, 1.54) is 32.0 Å². The molecule has 0 saturated heterocycles. The average Bonchev–Trinajstić information content (AvgIpc) is 2.26. The van der Waals surface area contributed by atoms with Crippen LogP contribution >= 0.6 is 34.8 Å². The second kappa shape index (κ2) is 6.33. The molecule has 0 radical (unpaired) electrons. The molecule has 0 saturated carbocycles. The number of hydrogen-bond acceptors (Lipinski definition) is 3. The van der Waals surface area contributed by atoms with Crippen LogP contribution in [-0.2, 0) is 4.74 Å². The van der Waals surface area contributed by atoms with Gasteiger partial charge in [-0.2, -0.15) is 8.78 Å². The fourth-order valence-corrected chi connectivity index (χ4v) is 1.26. The van der Waals surface area contributed by atoms with Gasteiger partial charge in [0, 0.05) is 0 Å². The molecule has 0 spiro atoms. The third-order valence-corrected chi connectivity index (χ3v) is 3.69. The van der Waals surface area contributed by atoms with Crippen LogP contribution in [0.1, 0.15) is 24.2 Å². The van der Waals surface area contributed by atoms with Crippen molar-refractivity contribution in [3.8, 4) is 5.75 Å². The molecule has 3 nitrogen and oxygen atoms in total. The van der Waals surface area contributed by atoms with Gasteiger partial charge in [-0.25, -0.2) is 4.79 Å². The van der Waals surface area contributed by atoms with Gasteiger partial charge in [0.15, 0.2) is 5.60 Å². The molecular formula is C12H11Cl3F2O3. The van der Waals surface area contributed by atoms with Gasteiger partial charge in [-0.3, -0.25) is 0 Å². The standard InChI is InChI=1S/C12H11Cl3F2O3/c1-11(2,12(13,14)15)20-9(18)7-4-3-5-8(6-7)19-10(16)17/h3-6,10H,1-2H3. The van der Waals surface area contributed by atoms with Crippen molar-refractivity contribution in [2.24, 2.45) is 0 Å². The van der Waals surface area contributed by atoms with Gasteiger partial charge in [0.2, 0.25) is 3.79 Å². The molecule has 0 bridgehead atoms. The molecule has 1 rings (SSSR count). The molecule has 0 unspecified atom stereocenters. The third-order valence-electron chi connectivity index (χ3n) is 2.33. The number of esters is 1. The summed E-state index contributed by atoms with van der Waals surface area (Å²) in [6, 6.07) is 5.14. The number of alkyl halides is 5. The number of carbonyl (C=O) groups excluding carboxylic acids is 1. The maximum atomic E-state index is 12.1. The first-order valence-electron chi connectivity index (χ1n) is 5.38. The van der Waals surface area contributed by atoms with Gasteiger partial charge in [0.25, 0.3) is 0 Å². The summed E-state index contributed by atoms with van der Waals surface area (Å²) in [4.78, 5) is 11.9. The monoisotopic (exact) mass is 346 g/mol. The van der Waals surface area contributed by atoms with Crippen molar-refractivity contribution >= 4 is 40.8 Å². The highest BCUT2D eigenvalue weighted by Gasteiger charge is 2.44. The number of halogens is 5. The van der Waals surface area contributed by atoms with Crippen molar-refractivity contribution in [2.75, 3.05) is 0 Å². The van der Waals surface area contributed by atoms with Crippen LogP contribution < -0.4 is 4.74 Å². The predicted octanol–water partition coefficient (Wildman–Crippen LogP) is 4.59. The Kier molecular flexibility index (Phi) is 5.46. The number of ether oxygens (including phenoxy) is 2. The Labute approximate surface area is 129 Å². The van der Waals surface area contributed by atoms with Gasteiger partial charge in [-0.1, -0.05) is 40.9 Å². The molecular weight excluding hydrogens is 336 g/mol. The van der Waals surface area contributed by atoms with Crippen LogP contribution in [0.15, 0.2) is 24.3 Å². The number of hydrogen-bond donors (Lipinski definition) is 0. The summed E-state index contributed by atoms with van der Waals surface area (Å²) in [6.45, 7) is -0.159. The van der Waals surface area contributed by atoms with E-state index in [1.807, 2.05) is 0 Å². The first-order valence-corrected chi connectivity index (χ1v) is 6.51. The molecule has 0 atom stereocenters. The fraction of sp³-hybridized carbons (Fsp3) is 0.417. The first kappa shape index (κ1) is 17.3. The van der Waals surface area contributed by atoms with Gasteiger partial charge in [-0.05, 0) is 32.0 Å². The van der Waals surface area contributed by atoms with E-state index in [-0.39, 0.29) is 11.3 Å². The lowest BCUT2D eigenvalue weighted by molar-refractivity contribution is -0.0500. The van der Waals surface area contributed by atoms with E-state index in [4.69, 9.17) is 39.5 Å². The highest BCUT2D eigenvalue weighted by atomic mass is 35.6. The molecule has 0 fully saturated rings. The Hall–Kier alpha value is -0.780. The van der Waals surface area contributed by atoms with E-state index >= 15 is 0 Å². The normalized spacial score (nSPS) is 12.4. The molecule has 112 valence electrons. The number of carbonyl (C=O) groups is 1. The van der Waals surface area contributed by atoms with Crippen molar-refractivity contribution in [3.63, 3.8) is 0 Å². The lowest BCUT2D eigenvalue weighted by Crippen LogP contribution is -2.41. The van der Waals surface area contributed by atoms with Crippen molar-refractivity contribution in [3.05, 3.63) is 29.8 Å². The minimum Gasteiger partial charge on any atom is -0.451 e. The maximum Gasteiger partial charge on any atom is 0.387 e. The molecule has 0 aromatic heterocycles. The van der Waals surface area contributed by atoms with Crippen molar-refractivity contribution in [1.82, 2.24) is 0 Å². The topological polar surface area (TPSA) is 35.5 Å². The van der Waals surface area contributed by atoms with E-state index < -0.39 is 22.0 Å². The van der Waals surface area contributed by atoms with E-state index in [1.54, 1.807) is 0 Å². The molecule has 20 heavy (non-hydrogen) atoms. The van der Waals surface area contributed by atoms with E-state index in [0.29, 0.717) is 0 Å². The van der Waals surface area contributed by atoms with Gasteiger partial charge < -0.3 is 9.47 Å². The zero-order chi connectivity index (χ0) is 15.6. The second-order valence-corrected chi connectivity index (χ2v) is 6.59. The minimum absolute atomic E-state index is 0.00507. The average molecular weight is 348 g/mol. The summed E-state index contributed by atoms with van der Waals surface area (Å²) >= 11 is 17.1. The highest BCUT2D eigenvalue weighted by molar-refractivity contribution is 6.68. The van der Waals surface area contributed by atoms with Gasteiger partial charge in [0.05, 0.1) is 5.56 Å². The zero-order valence-corrected chi connectivity index (χ0v) is 12.8. The van der Waals surface area contributed by atoms with E-state index in [0.717, 1.165) is 6.07 Å². The van der Waals surface area contributed by atoms with Crippen LogP contribution in [0.4, 0.5) is 8.78 Å². The van der Waals surface area contributed by atoms with Crippen molar-refractivity contribution in [1.29, 1.82) is 0 Å². The largest absolute Gasteiger partial charge is 0.451 e. The van der Waals surface area contributed by atoms with Gasteiger partial charge in [0.1, 0.15) is 5.75 Å². The number of rotatable bonds is 4. The summed E-state index contributed by atoms with van der Waals surface area (Å²) in [5.41, 5.74) is -1.39. The molecule has 0 aliphatic rings. The smallest absolute Gasteiger partial charge is 0.387 e. The van der Waals surface area contributed by atoms with Gasteiger partial charge >= 0.3 is 12.6 Å². The Morgan fingerprint density at radius 3 is 2.35 bits per heavy atom. The molecule has 0 aliphatic carbocycles.